The number of benzene rings is 1. The predicted molar refractivity (Wildman–Crippen MR) is 82.1 cm³/mol. The first kappa shape index (κ1) is 16.0. The van der Waals surface area contributed by atoms with Gasteiger partial charge in [-0.1, -0.05) is 17.7 Å². The molecule has 0 radical (unpaired) electrons. The van der Waals surface area contributed by atoms with Gasteiger partial charge in [-0.05, 0) is 51.8 Å². The lowest BCUT2D eigenvalue weighted by Gasteiger charge is -2.36. The van der Waals surface area contributed by atoms with Crippen molar-refractivity contribution >= 4 is 24.0 Å². The van der Waals surface area contributed by atoms with Crippen LogP contribution in [0.15, 0.2) is 24.3 Å². The first-order valence-corrected chi connectivity index (χ1v) is 6.63. The van der Waals surface area contributed by atoms with E-state index in [-0.39, 0.29) is 18.3 Å². The Balaban J connectivity index is 0.00000180. The number of likely N-dealkylation sites (N-methyl/N-ethyl adjacent to an activating group) is 1. The van der Waals surface area contributed by atoms with Crippen molar-refractivity contribution in [3.8, 4) is 0 Å². The Morgan fingerprint density at radius 1 is 1.26 bits per heavy atom. The summed E-state index contributed by atoms with van der Waals surface area (Å²) in [6, 6.07) is 8.07. The highest BCUT2D eigenvalue weighted by molar-refractivity contribution is 5.99. The van der Waals surface area contributed by atoms with Crippen LogP contribution in [0, 0.1) is 6.92 Å². The summed E-state index contributed by atoms with van der Waals surface area (Å²) in [4.78, 5) is 14.3. The molecule has 1 aliphatic rings. The molecule has 1 aliphatic heterocycles. The molecule has 1 amide bonds. The zero-order valence-corrected chi connectivity index (χ0v) is 12.7. The van der Waals surface area contributed by atoms with Gasteiger partial charge in [0.25, 0.3) is 0 Å². The highest BCUT2D eigenvalue weighted by Gasteiger charge is 2.36. The van der Waals surface area contributed by atoms with Crippen LogP contribution in [0.2, 0.25) is 0 Å². The van der Waals surface area contributed by atoms with E-state index in [1.165, 1.54) is 5.56 Å². The fraction of sp³-hybridized carbons (Fsp3) is 0.533. The van der Waals surface area contributed by atoms with Gasteiger partial charge in [0.05, 0.1) is 5.54 Å². The van der Waals surface area contributed by atoms with E-state index >= 15 is 0 Å². The van der Waals surface area contributed by atoms with E-state index in [0.717, 1.165) is 31.5 Å². The van der Waals surface area contributed by atoms with E-state index in [1.807, 2.05) is 38.2 Å². The van der Waals surface area contributed by atoms with Crippen molar-refractivity contribution in [3.63, 3.8) is 0 Å². The number of carbonyl (C=O) groups is 1. The number of carbonyl (C=O) groups excluding carboxylic acids is 1. The van der Waals surface area contributed by atoms with E-state index in [0.29, 0.717) is 0 Å². The molecule has 1 fully saturated rings. The molecule has 1 N–H and O–H groups in total. The number of anilines is 1. The second-order valence-corrected chi connectivity index (χ2v) is 5.42. The standard InChI is InChI=1S/C15H22N2O.ClH/c1-12-6-8-13(9-7-12)17(3)14(18)15(2)10-4-5-11-16-15;/h6-9,16H,4-5,10-11H2,1-3H3;1H. The summed E-state index contributed by atoms with van der Waals surface area (Å²) in [5.41, 5.74) is 1.76. The summed E-state index contributed by atoms with van der Waals surface area (Å²) in [7, 11) is 1.86. The van der Waals surface area contributed by atoms with Gasteiger partial charge in [0.2, 0.25) is 5.91 Å². The number of hydrogen-bond donors (Lipinski definition) is 1. The number of nitrogens with one attached hydrogen (secondary N) is 1. The third kappa shape index (κ3) is 3.48. The molecule has 0 aliphatic carbocycles. The number of hydrogen-bond acceptors (Lipinski definition) is 2. The first-order valence-electron chi connectivity index (χ1n) is 6.63. The fourth-order valence-electron chi connectivity index (χ4n) is 2.49. The van der Waals surface area contributed by atoms with Gasteiger partial charge in [-0.15, -0.1) is 12.4 Å². The number of nitrogens with zero attached hydrogens (tertiary/aromatic N) is 1. The zero-order chi connectivity index (χ0) is 13.2. The number of rotatable bonds is 2. The van der Waals surface area contributed by atoms with Crippen molar-refractivity contribution < 1.29 is 4.79 Å². The van der Waals surface area contributed by atoms with Crippen LogP contribution in [0.5, 0.6) is 0 Å². The van der Waals surface area contributed by atoms with Gasteiger partial charge in [0, 0.05) is 12.7 Å². The van der Waals surface area contributed by atoms with E-state index in [9.17, 15) is 4.79 Å². The molecular weight excluding hydrogens is 260 g/mol. The van der Waals surface area contributed by atoms with Crippen LogP contribution in [0.3, 0.4) is 0 Å². The lowest BCUT2D eigenvalue weighted by Crippen LogP contribution is -2.57. The molecule has 1 aromatic carbocycles. The SMILES string of the molecule is Cc1ccc(N(C)C(=O)C2(C)CCCCN2)cc1.Cl. The highest BCUT2D eigenvalue weighted by Crippen LogP contribution is 2.24. The van der Waals surface area contributed by atoms with E-state index in [1.54, 1.807) is 4.90 Å². The van der Waals surface area contributed by atoms with Gasteiger partial charge < -0.3 is 10.2 Å². The molecule has 2 rings (SSSR count). The minimum absolute atomic E-state index is 0. The lowest BCUT2D eigenvalue weighted by atomic mass is 9.89. The topological polar surface area (TPSA) is 32.3 Å². The van der Waals surface area contributed by atoms with Gasteiger partial charge in [-0.2, -0.15) is 0 Å². The van der Waals surface area contributed by atoms with Crippen LogP contribution in [0.4, 0.5) is 5.69 Å². The Bertz CT molecular complexity index is 424. The molecule has 0 bridgehead atoms. The van der Waals surface area contributed by atoms with E-state index in [2.05, 4.69) is 12.2 Å². The van der Waals surface area contributed by atoms with Gasteiger partial charge in [-0.3, -0.25) is 4.79 Å². The fourth-order valence-corrected chi connectivity index (χ4v) is 2.49. The third-order valence-electron chi connectivity index (χ3n) is 3.82. The molecule has 1 aromatic rings. The summed E-state index contributed by atoms with van der Waals surface area (Å²) in [5, 5.41) is 3.37. The summed E-state index contributed by atoms with van der Waals surface area (Å²) < 4.78 is 0. The minimum atomic E-state index is -0.405. The maximum Gasteiger partial charge on any atom is 0.246 e. The average molecular weight is 283 g/mol. The number of amides is 1. The van der Waals surface area contributed by atoms with Gasteiger partial charge >= 0.3 is 0 Å². The Morgan fingerprint density at radius 2 is 1.89 bits per heavy atom. The van der Waals surface area contributed by atoms with Gasteiger partial charge in [0.1, 0.15) is 0 Å². The quantitative estimate of drug-likeness (QED) is 0.905. The van der Waals surface area contributed by atoms with Crippen molar-refractivity contribution in [1.29, 1.82) is 0 Å². The monoisotopic (exact) mass is 282 g/mol. The second kappa shape index (κ2) is 6.40. The molecule has 0 aromatic heterocycles. The Labute approximate surface area is 121 Å². The largest absolute Gasteiger partial charge is 0.314 e. The van der Waals surface area contributed by atoms with Crippen LogP contribution in [-0.2, 0) is 4.79 Å². The second-order valence-electron chi connectivity index (χ2n) is 5.42. The van der Waals surface area contributed by atoms with Gasteiger partial charge in [-0.25, -0.2) is 0 Å². The molecule has 1 saturated heterocycles. The molecule has 106 valence electrons. The molecule has 0 spiro atoms. The Morgan fingerprint density at radius 3 is 2.42 bits per heavy atom. The first-order chi connectivity index (χ1) is 8.53. The molecule has 4 heteroatoms. The Kier molecular flexibility index (Phi) is 5.39. The normalized spacial score (nSPS) is 22.5. The number of piperidine rings is 1. The minimum Gasteiger partial charge on any atom is -0.314 e. The van der Waals surface area contributed by atoms with Crippen molar-refractivity contribution in [2.75, 3.05) is 18.5 Å². The maximum absolute atomic E-state index is 12.6. The summed E-state index contributed by atoms with van der Waals surface area (Å²) >= 11 is 0. The molecule has 19 heavy (non-hydrogen) atoms. The van der Waals surface area contributed by atoms with E-state index < -0.39 is 5.54 Å². The van der Waals surface area contributed by atoms with Gasteiger partial charge in [0.15, 0.2) is 0 Å². The van der Waals surface area contributed by atoms with Crippen LogP contribution >= 0.6 is 12.4 Å². The van der Waals surface area contributed by atoms with E-state index in [4.69, 9.17) is 0 Å². The van der Waals surface area contributed by atoms with Crippen LogP contribution < -0.4 is 10.2 Å². The summed E-state index contributed by atoms with van der Waals surface area (Å²) in [6.45, 7) is 5.00. The zero-order valence-electron chi connectivity index (χ0n) is 11.9. The number of aryl methyl sites for hydroxylation is 1. The molecular formula is C15H23ClN2O. The van der Waals surface area contributed by atoms with Crippen LogP contribution in [-0.4, -0.2) is 25.0 Å². The molecule has 1 heterocycles. The van der Waals surface area contributed by atoms with Crippen molar-refractivity contribution in [1.82, 2.24) is 5.32 Å². The maximum atomic E-state index is 12.6. The smallest absolute Gasteiger partial charge is 0.246 e. The third-order valence-corrected chi connectivity index (χ3v) is 3.82. The highest BCUT2D eigenvalue weighted by atomic mass is 35.5. The molecule has 3 nitrogen and oxygen atoms in total. The van der Waals surface area contributed by atoms with Crippen molar-refractivity contribution in [2.24, 2.45) is 0 Å². The summed E-state index contributed by atoms with van der Waals surface area (Å²) in [5.74, 6) is 0.158. The lowest BCUT2D eigenvalue weighted by molar-refractivity contribution is -0.124. The van der Waals surface area contributed by atoms with Crippen molar-refractivity contribution in [2.45, 2.75) is 38.6 Å². The molecule has 1 unspecified atom stereocenters. The van der Waals surface area contributed by atoms with Crippen LogP contribution in [0.25, 0.3) is 0 Å². The van der Waals surface area contributed by atoms with Crippen molar-refractivity contribution in [3.05, 3.63) is 29.8 Å². The summed E-state index contributed by atoms with van der Waals surface area (Å²) in [6.07, 6.45) is 3.20. The Hall–Kier alpha value is -1.06. The average Bonchev–Trinajstić information content (AvgIpc) is 2.39. The molecule has 1 atom stereocenters. The predicted octanol–water partition coefficient (Wildman–Crippen LogP) is 2.91. The number of halogens is 1. The molecule has 0 saturated carbocycles. The van der Waals surface area contributed by atoms with Crippen LogP contribution in [0.1, 0.15) is 31.7 Å².